The number of nitrogens with zero attached hydrogens (tertiary/aromatic N) is 1. The number of ether oxygens (including phenoxy) is 1. The quantitative estimate of drug-likeness (QED) is 0.747. The number of aromatic nitrogens is 1. The van der Waals surface area contributed by atoms with Crippen LogP contribution in [0.4, 0.5) is 0 Å². The molecule has 0 unspecified atom stereocenters. The standard InChI is InChI=1S/C10H16N2O2S/c1-3-11-6-9-12-8(7-15-9)5-10(13)14-4-2/h7,11H,3-6H2,1-2H3. The molecular formula is C10H16N2O2S. The zero-order valence-electron chi connectivity index (χ0n) is 9.08. The molecule has 1 N–H and O–H groups in total. The summed E-state index contributed by atoms with van der Waals surface area (Å²) in [6.07, 6.45) is 0.274. The molecule has 1 aromatic heterocycles. The SMILES string of the molecule is CCNCc1nc(CC(=O)OCC)cs1. The van der Waals surface area contributed by atoms with Gasteiger partial charge in [-0.2, -0.15) is 0 Å². The first-order valence-electron chi connectivity index (χ1n) is 5.05. The number of nitrogens with one attached hydrogen (secondary N) is 1. The van der Waals surface area contributed by atoms with E-state index in [0.717, 1.165) is 23.8 Å². The van der Waals surface area contributed by atoms with Crippen molar-refractivity contribution in [1.29, 1.82) is 0 Å². The fraction of sp³-hybridized carbons (Fsp3) is 0.600. The minimum atomic E-state index is -0.210. The van der Waals surface area contributed by atoms with Crippen LogP contribution in [0.5, 0.6) is 0 Å². The molecule has 0 saturated heterocycles. The van der Waals surface area contributed by atoms with Crippen molar-refractivity contribution in [2.45, 2.75) is 26.8 Å². The zero-order chi connectivity index (χ0) is 11.1. The summed E-state index contributed by atoms with van der Waals surface area (Å²) in [6.45, 7) is 5.96. The first-order valence-corrected chi connectivity index (χ1v) is 5.93. The number of carbonyl (C=O) groups is 1. The van der Waals surface area contributed by atoms with Gasteiger partial charge in [0.1, 0.15) is 5.01 Å². The third-order valence-corrected chi connectivity index (χ3v) is 2.65. The minimum absolute atomic E-state index is 0.210. The van der Waals surface area contributed by atoms with Crippen molar-refractivity contribution in [3.63, 3.8) is 0 Å². The molecule has 0 atom stereocenters. The lowest BCUT2D eigenvalue weighted by Crippen LogP contribution is -2.12. The van der Waals surface area contributed by atoms with E-state index in [-0.39, 0.29) is 12.4 Å². The van der Waals surface area contributed by atoms with Crippen LogP contribution >= 0.6 is 11.3 Å². The van der Waals surface area contributed by atoms with Crippen molar-refractivity contribution in [2.75, 3.05) is 13.2 Å². The fourth-order valence-electron chi connectivity index (χ4n) is 1.10. The van der Waals surface area contributed by atoms with Gasteiger partial charge in [-0.15, -0.1) is 11.3 Å². The second-order valence-corrected chi connectivity index (χ2v) is 3.94. The van der Waals surface area contributed by atoms with E-state index in [2.05, 4.69) is 10.3 Å². The largest absolute Gasteiger partial charge is 0.466 e. The molecule has 0 spiro atoms. The lowest BCUT2D eigenvalue weighted by Gasteiger charge is -1.98. The maximum absolute atomic E-state index is 11.2. The Labute approximate surface area is 93.7 Å². The highest BCUT2D eigenvalue weighted by molar-refractivity contribution is 7.09. The first-order chi connectivity index (χ1) is 7.26. The van der Waals surface area contributed by atoms with Crippen LogP contribution in [0.3, 0.4) is 0 Å². The van der Waals surface area contributed by atoms with Crippen LogP contribution in [-0.4, -0.2) is 24.1 Å². The molecule has 5 heteroatoms. The Morgan fingerprint density at radius 3 is 3.07 bits per heavy atom. The van der Waals surface area contributed by atoms with E-state index < -0.39 is 0 Å². The van der Waals surface area contributed by atoms with Crippen LogP contribution in [0, 0.1) is 0 Å². The Bertz CT molecular complexity index is 312. The van der Waals surface area contributed by atoms with E-state index in [1.54, 1.807) is 18.3 Å². The van der Waals surface area contributed by atoms with Crippen LogP contribution in [0.2, 0.25) is 0 Å². The highest BCUT2D eigenvalue weighted by Crippen LogP contribution is 2.10. The summed E-state index contributed by atoms with van der Waals surface area (Å²) in [7, 11) is 0. The highest BCUT2D eigenvalue weighted by atomic mass is 32.1. The predicted molar refractivity (Wildman–Crippen MR) is 59.8 cm³/mol. The maximum Gasteiger partial charge on any atom is 0.311 e. The van der Waals surface area contributed by atoms with Crippen molar-refractivity contribution in [2.24, 2.45) is 0 Å². The first kappa shape index (κ1) is 12.1. The summed E-state index contributed by atoms with van der Waals surface area (Å²) < 4.78 is 4.85. The zero-order valence-corrected chi connectivity index (χ0v) is 9.89. The number of hydrogen-bond donors (Lipinski definition) is 1. The second-order valence-electron chi connectivity index (χ2n) is 2.99. The summed E-state index contributed by atoms with van der Waals surface area (Å²) in [5, 5.41) is 6.10. The molecule has 0 fully saturated rings. The minimum Gasteiger partial charge on any atom is -0.466 e. The van der Waals surface area contributed by atoms with Gasteiger partial charge >= 0.3 is 5.97 Å². The third-order valence-electron chi connectivity index (χ3n) is 1.76. The van der Waals surface area contributed by atoms with Crippen molar-refractivity contribution >= 4 is 17.3 Å². The van der Waals surface area contributed by atoms with Crippen molar-refractivity contribution in [3.05, 3.63) is 16.1 Å². The lowest BCUT2D eigenvalue weighted by atomic mass is 10.3. The average Bonchev–Trinajstić information content (AvgIpc) is 2.63. The molecule has 0 saturated carbocycles. The number of hydrogen-bond acceptors (Lipinski definition) is 5. The second kappa shape index (κ2) is 6.53. The summed E-state index contributed by atoms with van der Waals surface area (Å²) in [5.74, 6) is -0.210. The predicted octanol–water partition coefficient (Wildman–Crippen LogP) is 1.36. The molecule has 0 aliphatic carbocycles. The number of thiazole rings is 1. The summed E-state index contributed by atoms with van der Waals surface area (Å²) in [5.41, 5.74) is 0.798. The molecule has 4 nitrogen and oxygen atoms in total. The molecule has 1 rings (SSSR count). The van der Waals surface area contributed by atoms with E-state index in [1.165, 1.54) is 0 Å². The van der Waals surface area contributed by atoms with Crippen molar-refractivity contribution in [3.8, 4) is 0 Å². The fourth-order valence-corrected chi connectivity index (χ4v) is 1.87. The van der Waals surface area contributed by atoms with Gasteiger partial charge in [0, 0.05) is 11.9 Å². The van der Waals surface area contributed by atoms with Gasteiger partial charge in [-0.1, -0.05) is 6.92 Å². The van der Waals surface area contributed by atoms with Gasteiger partial charge < -0.3 is 10.1 Å². The van der Waals surface area contributed by atoms with Gasteiger partial charge in [0.05, 0.1) is 18.7 Å². The molecular weight excluding hydrogens is 212 g/mol. The van der Waals surface area contributed by atoms with Crippen molar-refractivity contribution in [1.82, 2.24) is 10.3 Å². The van der Waals surface area contributed by atoms with Gasteiger partial charge in [0.15, 0.2) is 0 Å². The topological polar surface area (TPSA) is 51.2 Å². The van der Waals surface area contributed by atoms with E-state index in [4.69, 9.17) is 4.74 Å². The smallest absolute Gasteiger partial charge is 0.311 e. The van der Waals surface area contributed by atoms with Crippen LogP contribution < -0.4 is 5.32 Å². The average molecular weight is 228 g/mol. The Morgan fingerprint density at radius 1 is 1.60 bits per heavy atom. The normalized spacial score (nSPS) is 10.3. The van der Waals surface area contributed by atoms with Gasteiger partial charge in [-0.25, -0.2) is 4.98 Å². The maximum atomic E-state index is 11.2. The van der Waals surface area contributed by atoms with Crippen LogP contribution in [0.15, 0.2) is 5.38 Å². The Hall–Kier alpha value is -0.940. The van der Waals surface area contributed by atoms with Crippen LogP contribution in [0.25, 0.3) is 0 Å². The molecule has 15 heavy (non-hydrogen) atoms. The molecule has 84 valence electrons. The molecule has 0 aromatic carbocycles. The van der Waals surface area contributed by atoms with Gasteiger partial charge in [-0.3, -0.25) is 4.79 Å². The molecule has 1 aromatic rings. The molecule has 0 aliphatic heterocycles. The third kappa shape index (κ3) is 4.40. The Morgan fingerprint density at radius 2 is 2.40 bits per heavy atom. The molecule has 0 radical (unpaired) electrons. The molecule has 1 heterocycles. The summed E-state index contributed by atoms with van der Waals surface area (Å²) >= 11 is 1.57. The Kier molecular flexibility index (Phi) is 5.28. The van der Waals surface area contributed by atoms with E-state index in [1.807, 2.05) is 12.3 Å². The monoisotopic (exact) mass is 228 g/mol. The van der Waals surface area contributed by atoms with E-state index >= 15 is 0 Å². The highest BCUT2D eigenvalue weighted by Gasteiger charge is 2.07. The molecule has 0 bridgehead atoms. The number of rotatable bonds is 6. The Balaban J connectivity index is 2.42. The van der Waals surface area contributed by atoms with Crippen LogP contribution in [0.1, 0.15) is 24.5 Å². The van der Waals surface area contributed by atoms with Gasteiger partial charge in [0.2, 0.25) is 0 Å². The molecule has 0 amide bonds. The van der Waals surface area contributed by atoms with Gasteiger partial charge in [0.25, 0.3) is 0 Å². The summed E-state index contributed by atoms with van der Waals surface area (Å²) in [6, 6.07) is 0. The van der Waals surface area contributed by atoms with Crippen LogP contribution in [-0.2, 0) is 22.5 Å². The lowest BCUT2D eigenvalue weighted by molar-refractivity contribution is -0.142. The van der Waals surface area contributed by atoms with E-state index in [0.29, 0.717) is 6.61 Å². The number of carbonyl (C=O) groups excluding carboxylic acids is 1. The van der Waals surface area contributed by atoms with Gasteiger partial charge in [-0.05, 0) is 13.5 Å². The van der Waals surface area contributed by atoms with Crippen molar-refractivity contribution < 1.29 is 9.53 Å². The summed E-state index contributed by atoms with van der Waals surface area (Å²) in [4.78, 5) is 15.5. The molecule has 0 aliphatic rings. The number of esters is 1. The van der Waals surface area contributed by atoms with E-state index in [9.17, 15) is 4.79 Å².